The fraction of sp³-hybridized carbons (Fsp3) is 0.571. The van der Waals surface area contributed by atoms with Gasteiger partial charge in [-0.25, -0.2) is 24.2 Å². The molecule has 1 aromatic carbocycles. The maximum absolute atomic E-state index is 15.5. The summed E-state index contributed by atoms with van der Waals surface area (Å²) >= 11 is 0. The molecule has 1 saturated heterocycles. The van der Waals surface area contributed by atoms with E-state index < -0.39 is 69.1 Å². The van der Waals surface area contributed by atoms with Crippen molar-refractivity contribution in [2.45, 2.75) is 63.9 Å². The molecule has 2 heterocycles. The summed E-state index contributed by atoms with van der Waals surface area (Å²) in [6.45, 7) is 3.66. The zero-order valence-electron chi connectivity index (χ0n) is 21.2. The number of aliphatic hydroxyl groups is 1. The van der Waals surface area contributed by atoms with E-state index in [2.05, 4.69) is 15.5 Å². The molecule has 0 bridgehead atoms. The Morgan fingerprint density at radius 2 is 2.14 bits per heavy atom. The first-order valence-corrected chi connectivity index (χ1v) is 12.6. The monoisotopic (exact) mass is 532 g/mol. The van der Waals surface area contributed by atoms with Gasteiger partial charge in [0.15, 0.2) is 11.9 Å². The van der Waals surface area contributed by atoms with Crippen molar-refractivity contribution in [1.29, 1.82) is 0 Å². The molecular weight excluding hydrogens is 500 g/mol. The van der Waals surface area contributed by atoms with Gasteiger partial charge in [0.2, 0.25) is 0 Å². The van der Waals surface area contributed by atoms with Gasteiger partial charge in [-0.2, -0.15) is 10.1 Å². The highest BCUT2D eigenvalue weighted by molar-refractivity contribution is 7.52. The molecule has 2 aliphatic rings. The van der Waals surface area contributed by atoms with Gasteiger partial charge in [-0.05, 0) is 39.8 Å². The van der Waals surface area contributed by atoms with Gasteiger partial charge in [-0.1, -0.05) is 18.2 Å². The van der Waals surface area contributed by atoms with Gasteiger partial charge in [-0.15, -0.1) is 0 Å². The summed E-state index contributed by atoms with van der Waals surface area (Å²) in [4.78, 5) is 28.0. The van der Waals surface area contributed by atoms with Crippen molar-refractivity contribution >= 4 is 25.6 Å². The number of amides is 2. The van der Waals surface area contributed by atoms with E-state index in [1.54, 1.807) is 32.0 Å². The summed E-state index contributed by atoms with van der Waals surface area (Å²) in [6, 6.07) is 5.80. The fourth-order valence-corrected chi connectivity index (χ4v) is 4.89. The molecule has 15 heteroatoms. The lowest BCUT2D eigenvalue weighted by Gasteiger charge is -2.34. The molecule has 1 unspecified atom stereocenters. The van der Waals surface area contributed by atoms with Crippen LogP contribution in [0.25, 0.3) is 0 Å². The van der Waals surface area contributed by atoms with Crippen LogP contribution in [0.15, 0.2) is 35.3 Å². The normalized spacial score (nSPS) is 31.4. The first kappa shape index (κ1) is 26.5. The van der Waals surface area contributed by atoms with Crippen molar-refractivity contribution in [2.24, 2.45) is 10.7 Å². The number of amidine groups is 1. The molecule has 0 aromatic heterocycles. The fourth-order valence-electron chi connectivity index (χ4n) is 3.39. The molecule has 3 rings (SSSR count). The molecule has 5 N–H and O–H groups in total. The SMILES string of the molecule is [2H]C1NN([C@@H]2O[C@H](CO[P@@](=O)(N[C@@H](C)C(=O)OC(C)C)Oc3ccccc3)[C@@H](O)[C@@]2(C)F)C(=O)N=C1N. The van der Waals surface area contributed by atoms with Crippen LogP contribution in [0, 0.1) is 0 Å². The number of halogens is 1. The van der Waals surface area contributed by atoms with E-state index >= 15 is 4.39 Å². The Bertz CT molecular complexity index is 1060. The average Bonchev–Trinajstić information content (AvgIpc) is 3.03. The van der Waals surface area contributed by atoms with Crippen LogP contribution in [0.1, 0.15) is 29.1 Å². The molecule has 0 saturated carbocycles. The third-order valence-corrected chi connectivity index (χ3v) is 6.81. The number of ether oxygens (including phenoxy) is 2. The minimum absolute atomic E-state index is 0.143. The van der Waals surface area contributed by atoms with E-state index in [-0.39, 0.29) is 11.6 Å². The standard InChI is InChI=1S/C21H31FN5O8P/c1-12(2)33-18(29)13(3)26-36(31,35-14-8-6-5-7-9-14)32-11-15-17(28)21(4,22)19(34-15)27-20(30)25-16(23)10-24-27/h5-9,12-13,15,17,19,24,28H,10-11H2,1-4H3,(H,26,31)(H2,23,25,30)/t13-,15+,17+,19+,21+,36-/m0/s1/i10D/t10?,13-,15+,17+,19+,21+,36-. The van der Waals surface area contributed by atoms with E-state index in [1.807, 2.05) is 0 Å². The Hall–Kier alpha value is -2.61. The lowest BCUT2D eigenvalue weighted by molar-refractivity contribution is -0.149. The number of hydrogen-bond acceptors (Lipinski definition) is 10. The summed E-state index contributed by atoms with van der Waals surface area (Å²) in [5.74, 6) is -0.900. The van der Waals surface area contributed by atoms with Crippen LogP contribution >= 0.6 is 7.75 Å². The summed E-state index contributed by atoms with van der Waals surface area (Å²) in [5.41, 5.74) is 5.26. The van der Waals surface area contributed by atoms with Gasteiger partial charge in [0.1, 0.15) is 29.8 Å². The van der Waals surface area contributed by atoms with E-state index in [1.165, 1.54) is 19.1 Å². The molecule has 2 amide bonds. The number of nitrogens with zero attached hydrogens (tertiary/aromatic N) is 2. The summed E-state index contributed by atoms with van der Waals surface area (Å²) in [7, 11) is -4.33. The van der Waals surface area contributed by atoms with E-state index in [9.17, 15) is 19.3 Å². The third kappa shape index (κ3) is 6.58. The minimum Gasteiger partial charge on any atom is -0.462 e. The maximum Gasteiger partial charge on any atom is 0.459 e. The molecule has 0 spiro atoms. The predicted molar refractivity (Wildman–Crippen MR) is 125 cm³/mol. The number of urea groups is 1. The second-order valence-corrected chi connectivity index (χ2v) is 10.3. The van der Waals surface area contributed by atoms with Crippen LogP contribution in [0.4, 0.5) is 9.18 Å². The second-order valence-electron chi connectivity index (χ2n) is 8.62. The topological polar surface area (TPSA) is 174 Å². The van der Waals surface area contributed by atoms with Gasteiger partial charge in [0.25, 0.3) is 0 Å². The number of aliphatic hydroxyl groups excluding tert-OH is 1. The van der Waals surface area contributed by atoms with E-state index in [4.69, 9.17) is 25.6 Å². The molecule has 0 radical (unpaired) electrons. The van der Waals surface area contributed by atoms with Crippen LogP contribution in [0.3, 0.4) is 0 Å². The quantitative estimate of drug-likeness (QED) is 0.252. The van der Waals surface area contributed by atoms with Crippen molar-refractivity contribution in [1.82, 2.24) is 15.5 Å². The van der Waals surface area contributed by atoms with E-state index in [0.717, 1.165) is 6.92 Å². The number of nitrogens with two attached hydrogens (primary N) is 1. The molecule has 2 aliphatic heterocycles. The molecule has 1 fully saturated rings. The Kier molecular flexibility index (Phi) is 8.23. The van der Waals surface area contributed by atoms with Crippen molar-refractivity contribution in [2.75, 3.05) is 13.1 Å². The van der Waals surface area contributed by atoms with Crippen molar-refractivity contribution < 1.29 is 43.5 Å². The van der Waals surface area contributed by atoms with Crippen LogP contribution in [-0.2, 0) is 23.4 Å². The van der Waals surface area contributed by atoms with Crippen LogP contribution in [-0.4, -0.2) is 77.3 Å². The highest BCUT2D eigenvalue weighted by atomic mass is 31.2. The van der Waals surface area contributed by atoms with Gasteiger partial charge in [0.05, 0.1) is 20.6 Å². The number of nitrogens with one attached hydrogen (secondary N) is 2. The molecule has 7 atom stereocenters. The summed E-state index contributed by atoms with van der Waals surface area (Å²) < 4.78 is 58.5. The first-order valence-electron chi connectivity index (χ1n) is 11.7. The number of aliphatic imine (C=N–C) groups is 1. The minimum atomic E-state index is -4.33. The molecule has 1 aromatic rings. The highest BCUT2D eigenvalue weighted by Crippen LogP contribution is 2.46. The van der Waals surface area contributed by atoms with Crippen molar-refractivity contribution in [3.05, 3.63) is 30.3 Å². The predicted octanol–water partition coefficient (Wildman–Crippen LogP) is 1.23. The first-order chi connectivity index (χ1) is 17.2. The molecule has 0 aliphatic carbocycles. The Morgan fingerprint density at radius 1 is 1.47 bits per heavy atom. The van der Waals surface area contributed by atoms with Crippen LogP contribution < -0.4 is 20.8 Å². The summed E-state index contributed by atoms with van der Waals surface area (Å²) in [6.07, 6.45) is -5.44. The average molecular weight is 532 g/mol. The molecule has 200 valence electrons. The van der Waals surface area contributed by atoms with Gasteiger partial charge in [-0.3, -0.25) is 9.32 Å². The number of alkyl halides is 1. The largest absolute Gasteiger partial charge is 0.462 e. The number of rotatable bonds is 10. The van der Waals surface area contributed by atoms with Crippen LogP contribution in [0.2, 0.25) is 0 Å². The second kappa shape index (κ2) is 11.2. The Morgan fingerprint density at radius 3 is 2.78 bits per heavy atom. The zero-order valence-corrected chi connectivity index (χ0v) is 21.1. The Balaban J connectivity index is 1.76. The summed E-state index contributed by atoms with van der Waals surface area (Å²) in [5, 5.41) is 13.7. The number of esters is 1. The number of carbonyl (C=O) groups is 2. The molecule has 36 heavy (non-hydrogen) atoms. The zero-order chi connectivity index (χ0) is 27.5. The van der Waals surface area contributed by atoms with Crippen molar-refractivity contribution in [3.8, 4) is 5.75 Å². The van der Waals surface area contributed by atoms with Gasteiger partial charge in [0, 0.05) is 0 Å². The highest BCUT2D eigenvalue weighted by Gasteiger charge is 2.58. The molecular formula is C21H31FN5O8P. The maximum atomic E-state index is 15.5. The number of hydrogen-bond donors (Lipinski definition) is 4. The molecule has 13 nitrogen and oxygen atoms in total. The number of benzene rings is 1. The number of carbonyl (C=O) groups excluding carboxylic acids is 2. The lowest BCUT2D eigenvalue weighted by atomic mass is 9.98. The van der Waals surface area contributed by atoms with E-state index in [0.29, 0.717) is 5.01 Å². The van der Waals surface area contributed by atoms with Crippen LogP contribution in [0.5, 0.6) is 5.75 Å². The Labute approximate surface area is 209 Å². The van der Waals surface area contributed by atoms with Crippen molar-refractivity contribution in [3.63, 3.8) is 0 Å². The number of hydrazine groups is 1. The lowest BCUT2D eigenvalue weighted by Crippen LogP contribution is -2.60. The number of para-hydroxylation sites is 1. The van der Waals surface area contributed by atoms with Gasteiger partial charge >= 0.3 is 19.7 Å². The van der Waals surface area contributed by atoms with Gasteiger partial charge < -0.3 is 24.8 Å². The smallest absolute Gasteiger partial charge is 0.459 e. The third-order valence-electron chi connectivity index (χ3n) is 5.17.